The van der Waals surface area contributed by atoms with E-state index in [4.69, 9.17) is 0 Å². The minimum absolute atomic E-state index is 0.0415. The molecule has 4 rings (SSSR count). The Morgan fingerprint density at radius 3 is 2.55 bits per heavy atom. The van der Waals surface area contributed by atoms with Crippen molar-refractivity contribution in [3.05, 3.63) is 76.8 Å². The summed E-state index contributed by atoms with van der Waals surface area (Å²) in [5.41, 5.74) is 5.35. The number of aromatic nitrogens is 3. The maximum absolute atomic E-state index is 12.6. The van der Waals surface area contributed by atoms with E-state index in [1.54, 1.807) is 10.8 Å². The zero-order chi connectivity index (χ0) is 22.0. The van der Waals surface area contributed by atoms with Crippen LogP contribution in [-0.2, 0) is 0 Å². The number of imidazole rings is 1. The van der Waals surface area contributed by atoms with Gasteiger partial charge in [0.25, 0.3) is 0 Å². The van der Waals surface area contributed by atoms with Crippen molar-refractivity contribution < 1.29 is 4.79 Å². The van der Waals surface area contributed by atoms with Crippen molar-refractivity contribution in [2.45, 2.75) is 33.2 Å². The second kappa shape index (κ2) is 8.47. The normalized spacial score (nSPS) is 12.0. The highest BCUT2D eigenvalue weighted by atomic mass is 16.2. The van der Waals surface area contributed by atoms with Gasteiger partial charge in [0, 0.05) is 29.2 Å². The number of anilines is 2. The van der Waals surface area contributed by atoms with Gasteiger partial charge in [0.2, 0.25) is 0 Å². The maximum Gasteiger partial charge on any atom is 0.327 e. The van der Waals surface area contributed by atoms with E-state index in [-0.39, 0.29) is 17.8 Å². The summed E-state index contributed by atoms with van der Waals surface area (Å²) in [7, 11) is 0. The molecule has 0 saturated carbocycles. The molecule has 0 aliphatic heterocycles. The van der Waals surface area contributed by atoms with Crippen LogP contribution in [0.4, 0.5) is 16.2 Å². The number of carbonyl (C=O) groups excluding carboxylic acids is 1. The average Bonchev–Trinajstić information content (AvgIpc) is 3.11. The minimum atomic E-state index is -0.322. The Morgan fingerprint density at radius 1 is 1.06 bits per heavy atom. The number of carbonyl (C=O) groups is 1. The van der Waals surface area contributed by atoms with Crippen LogP contribution < -0.4 is 16.3 Å². The number of rotatable bonds is 5. The quantitative estimate of drug-likeness (QED) is 0.412. The number of hydrogen-bond donors (Lipinski definition) is 3. The van der Waals surface area contributed by atoms with Crippen molar-refractivity contribution in [3.8, 4) is 11.1 Å². The molecule has 0 bridgehead atoms. The summed E-state index contributed by atoms with van der Waals surface area (Å²) >= 11 is 0. The summed E-state index contributed by atoms with van der Waals surface area (Å²) in [6.45, 7) is 6.04. The van der Waals surface area contributed by atoms with Crippen LogP contribution in [0, 0.1) is 6.92 Å². The molecule has 31 heavy (non-hydrogen) atoms. The monoisotopic (exact) mass is 415 g/mol. The summed E-state index contributed by atoms with van der Waals surface area (Å²) in [5, 5.41) is 5.69. The van der Waals surface area contributed by atoms with Crippen molar-refractivity contribution >= 4 is 28.6 Å². The van der Waals surface area contributed by atoms with Gasteiger partial charge in [0.1, 0.15) is 0 Å². The third-order valence-corrected chi connectivity index (χ3v) is 5.46. The molecule has 3 N–H and O–H groups in total. The molecule has 2 amide bonds. The highest BCUT2D eigenvalue weighted by Crippen LogP contribution is 2.31. The van der Waals surface area contributed by atoms with Gasteiger partial charge in [-0.05, 0) is 61.7 Å². The number of benzene rings is 2. The van der Waals surface area contributed by atoms with Crippen molar-refractivity contribution in [1.29, 1.82) is 0 Å². The van der Waals surface area contributed by atoms with E-state index in [9.17, 15) is 9.59 Å². The number of amides is 2. The van der Waals surface area contributed by atoms with E-state index in [0.29, 0.717) is 22.5 Å². The maximum atomic E-state index is 12.6. The summed E-state index contributed by atoms with van der Waals surface area (Å²) in [6, 6.07) is 16.6. The third-order valence-electron chi connectivity index (χ3n) is 5.46. The Kier molecular flexibility index (Phi) is 5.58. The lowest BCUT2D eigenvalue weighted by atomic mass is 10.00. The molecule has 0 spiro atoms. The van der Waals surface area contributed by atoms with Crippen LogP contribution in [0.5, 0.6) is 0 Å². The summed E-state index contributed by atoms with van der Waals surface area (Å²) < 4.78 is 1.70. The first-order chi connectivity index (χ1) is 15.0. The SMILES string of the molecule is CCC(C)n1c(=O)[nH]c2c(-c3cc(NC(=O)Nc4ccccc4)ccc3C)ccnc21. The largest absolute Gasteiger partial charge is 0.327 e. The number of aryl methyl sites for hydroxylation is 1. The fourth-order valence-electron chi connectivity index (χ4n) is 3.64. The number of fused-ring (bicyclic) bond motifs is 1. The van der Waals surface area contributed by atoms with Crippen molar-refractivity contribution in [2.75, 3.05) is 10.6 Å². The number of aromatic amines is 1. The molecule has 0 fully saturated rings. The average molecular weight is 415 g/mol. The van der Waals surface area contributed by atoms with Gasteiger partial charge in [-0.1, -0.05) is 31.2 Å². The van der Waals surface area contributed by atoms with Crippen LogP contribution in [-0.4, -0.2) is 20.6 Å². The minimum Gasteiger partial charge on any atom is -0.308 e. The molecule has 7 nitrogen and oxygen atoms in total. The van der Waals surface area contributed by atoms with E-state index in [1.807, 2.05) is 75.4 Å². The van der Waals surface area contributed by atoms with Crippen LogP contribution >= 0.6 is 0 Å². The van der Waals surface area contributed by atoms with E-state index < -0.39 is 0 Å². The molecule has 4 aromatic rings. The van der Waals surface area contributed by atoms with Crippen molar-refractivity contribution in [1.82, 2.24) is 14.5 Å². The molecular weight excluding hydrogens is 390 g/mol. The van der Waals surface area contributed by atoms with E-state index in [0.717, 1.165) is 23.1 Å². The lowest BCUT2D eigenvalue weighted by molar-refractivity contribution is 0.262. The van der Waals surface area contributed by atoms with Gasteiger partial charge in [-0.15, -0.1) is 0 Å². The molecule has 2 aromatic carbocycles. The number of para-hydroxylation sites is 1. The Balaban J connectivity index is 1.70. The first-order valence-corrected chi connectivity index (χ1v) is 10.3. The lowest BCUT2D eigenvalue weighted by Crippen LogP contribution is -2.20. The molecule has 0 radical (unpaired) electrons. The molecule has 158 valence electrons. The molecule has 2 heterocycles. The fourth-order valence-corrected chi connectivity index (χ4v) is 3.64. The molecular formula is C24H25N5O2. The standard InChI is InChI=1S/C24H25N5O2/c1-4-16(3)29-22-21(28-24(29)31)19(12-13-25-22)20-14-18(11-10-15(20)2)27-23(30)26-17-8-6-5-7-9-17/h5-14,16H,4H2,1-3H3,(H,28,31)(H2,26,27,30). The van der Waals surface area contributed by atoms with Gasteiger partial charge in [0.15, 0.2) is 5.65 Å². The number of pyridine rings is 1. The van der Waals surface area contributed by atoms with Crippen LogP contribution in [0.2, 0.25) is 0 Å². The Bertz CT molecular complexity index is 1290. The first-order valence-electron chi connectivity index (χ1n) is 10.3. The third kappa shape index (κ3) is 4.07. The predicted octanol–water partition coefficient (Wildman–Crippen LogP) is 5.32. The Morgan fingerprint density at radius 2 is 1.81 bits per heavy atom. The Labute approximate surface area is 180 Å². The van der Waals surface area contributed by atoms with Gasteiger partial charge >= 0.3 is 11.7 Å². The lowest BCUT2D eigenvalue weighted by Gasteiger charge is -2.13. The molecule has 0 saturated heterocycles. The zero-order valence-corrected chi connectivity index (χ0v) is 17.8. The van der Waals surface area contributed by atoms with Gasteiger partial charge in [-0.25, -0.2) is 14.6 Å². The number of urea groups is 1. The van der Waals surface area contributed by atoms with Gasteiger partial charge in [-0.2, -0.15) is 0 Å². The van der Waals surface area contributed by atoms with Crippen LogP contribution in [0.15, 0.2) is 65.6 Å². The van der Waals surface area contributed by atoms with Crippen LogP contribution in [0.1, 0.15) is 31.9 Å². The second-order valence-corrected chi connectivity index (χ2v) is 7.59. The number of H-pyrrole nitrogens is 1. The van der Waals surface area contributed by atoms with Crippen LogP contribution in [0.3, 0.4) is 0 Å². The fraction of sp³-hybridized carbons (Fsp3) is 0.208. The molecule has 1 unspecified atom stereocenters. The summed E-state index contributed by atoms with van der Waals surface area (Å²) in [4.78, 5) is 32.4. The zero-order valence-electron chi connectivity index (χ0n) is 17.8. The molecule has 1 atom stereocenters. The Hall–Kier alpha value is -3.87. The smallest absolute Gasteiger partial charge is 0.308 e. The molecule has 0 aliphatic rings. The first kappa shape index (κ1) is 20.4. The summed E-state index contributed by atoms with van der Waals surface area (Å²) in [5.74, 6) is 0. The predicted molar refractivity (Wildman–Crippen MR) is 125 cm³/mol. The molecule has 7 heteroatoms. The topological polar surface area (TPSA) is 91.8 Å². The van der Waals surface area contributed by atoms with E-state index in [2.05, 4.69) is 20.6 Å². The number of hydrogen-bond acceptors (Lipinski definition) is 3. The van der Waals surface area contributed by atoms with Gasteiger partial charge in [0.05, 0.1) is 5.52 Å². The van der Waals surface area contributed by atoms with Crippen molar-refractivity contribution in [2.24, 2.45) is 0 Å². The van der Waals surface area contributed by atoms with E-state index >= 15 is 0 Å². The summed E-state index contributed by atoms with van der Waals surface area (Å²) in [6.07, 6.45) is 2.54. The number of nitrogens with zero attached hydrogens (tertiary/aromatic N) is 2. The highest BCUT2D eigenvalue weighted by molar-refractivity contribution is 6.00. The van der Waals surface area contributed by atoms with Crippen LogP contribution in [0.25, 0.3) is 22.3 Å². The molecule has 2 aromatic heterocycles. The van der Waals surface area contributed by atoms with Gasteiger partial charge in [-0.3, -0.25) is 4.57 Å². The number of nitrogens with one attached hydrogen (secondary N) is 3. The van der Waals surface area contributed by atoms with E-state index in [1.165, 1.54) is 0 Å². The van der Waals surface area contributed by atoms with Gasteiger partial charge < -0.3 is 15.6 Å². The second-order valence-electron chi connectivity index (χ2n) is 7.59. The highest BCUT2D eigenvalue weighted by Gasteiger charge is 2.17. The van der Waals surface area contributed by atoms with Crippen molar-refractivity contribution in [3.63, 3.8) is 0 Å². The molecule has 0 aliphatic carbocycles.